The molecule has 0 bridgehead atoms. The van der Waals surface area contributed by atoms with Gasteiger partial charge in [-0.1, -0.05) is 78.8 Å². The van der Waals surface area contributed by atoms with Crippen molar-refractivity contribution >= 4 is 5.91 Å². The van der Waals surface area contributed by atoms with E-state index in [1.807, 2.05) is 12.1 Å². The Morgan fingerprint density at radius 1 is 0.897 bits per heavy atom. The molecule has 0 saturated carbocycles. The van der Waals surface area contributed by atoms with E-state index in [4.69, 9.17) is 0 Å². The maximum Gasteiger partial charge on any atom is 0.251 e. The van der Waals surface area contributed by atoms with Gasteiger partial charge in [0.2, 0.25) is 0 Å². The molecular weight excluding hydrogens is 354 g/mol. The summed E-state index contributed by atoms with van der Waals surface area (Å²) in [7, 11) is 0. The third-order valence-corrected chi connectivity index (χ3v) is 6.63. The summed E-state index contributed by atoms with van der Waals surface area (Å²) in [6, 6.07) is 14.9. The molecule has 0 fully saturated rings. The molecule has 0 aliphatic heterocycles. The van der Waals surface area contributed by atoms with Gasteiger partial charge in [0.15, 0.2) is 0 Å². The zero-order chi connectivity index (χ0) is 21.4. The topological polar surface area (TPSA) is 29.1 Å². The Balaban J connectivity index is 1.64. The highest BCUT2D eigenvalue weighted by Gasteiger charge is 2.36. The van der Waals surface area contributed by atoms with Gasteiger partial charge < -0.3 is 5.32 Å². The maximum atomic E-state index is 12.5. The third-order valence-electron chi connectivity index (χ3n) is 6.63. The zero-order valence-electron chi connectivity index (χ0n) is 19.3. The lowest BCUT2D eigenvalue weighted by molar-refractivity contribution is 0.0954. The Morgan fingerprint density at radius 3 is 2.07 bits per heavy atom. The molecule has 1 aliphatic rings. The van der Waals surface area contributed by atoms with Crippen LogP contribution in [0.3, 0.4) is 0 Å². The molecule has 2 aromatic carbocycles. The van der Waals surface area contributed by atoms with Crippen LogP contribution in [0, 0.1) is 0 Å². The Bertz CT molecular complexity index is 882. The minimum absolute atomic E-state index is 0.00452. The highest BCUT2D eigenvalue weighted by atomic mass is 16.1. The molecule has 0 unspecified atom stereocenters. The van der Waals surface area contributed by atoms with Gasteiger partial charge in [-0.2, -0.15) is 0 Å². The average molecular weight is 392 g/mol. The quantitative estimate of drug-likeness (QED) is 0.650. The molecule has 3 rings (SSSR count). The summed E-state index contributed by atoms with van der Waals surface area (Å²) in [4.78, 5) is 12.5. The Morgan fingerprint density at radius 2 is 1.48 bits per heavy atom. The van der Waals surface area contributed by atoms with E-state index in [0.29, 0.717) is 6.54 Å². The molecule has 156 valence electrons. The summed E-state index contributed by atoms with van der Waals surface area (Å²) >= 11 is 0. The van der Waals surface area contributed by atoms with Gasteiger partial charge in [-0.05, 0) is 69.9 Å². The fourth-order valence-electron chi connectivity index (χ4n) is 4.34. The SMILES string of the molecule is CC(C)(C)c1ccc(C(=O)NCCc2ccc3c(c2)C(C)(C)CCC3(C)C)cc1. The van der Waals surface area contributed by atoms with Gasteiger partial charge in [0.1, 0.15) is 0 Å². The van der Waals surface area contributed by atoms with E-state index < -0.39 is 0 Å². The van der Waals surface area contributed by atoms with Crippen molar-refractivity contribution < 1.29 is 4.79 Å². The number of benzene rings is 2. The molecule has 29 heavy (non-hydrogen) atoms. The zero-order valence-corrected chi connectivity index (χ0v) is 19.3. The summed E-state index contributed by atoms with van der Waals surface area (Å²) in [6.45, 7) is 16.6. The van der Waals surface area contributed by atoms with Crippen molar-refractivity contribution in [3.63, 3.8) is 0 Å². The van der Waals surface area contributed by atoms with Crippen LogP contribution in [0.1, 0.15) is 93.9 Å². The average Bonchev–Trinajstić information content (AvgIpc) is 2.65. The summed E-state index contributed by atoms with van der Waals surface area (Å²) in [5.41, 5.74) is 6.81. The van der Waals surface area contributed by atoms with Crippen LogP contribution in [0.4, 0.5) is 0 Å². The van der Waals surface area contributed by atoms with E-state index in [-0.39, 0.29) is 22.2 Å². The molecule has 0 saturated heterocycles. The van der Waals surface area contributed by atoms with Crippen LogP contribution in [-0.2, 0) is 22.7 Å². The fraction of sp³-hybridized carbons (Fsp3) is 0.519. The number of hydrogen-bond acceptors (Lipinski definition) is 1. The number of fused-ring (bicyclic) bond motifs is 1. The number of carbonyl (C=O) groups is 1. The molecule has 2 heteroatoms. The van der Waals surface area contributed by atoms with Crippen molar-refractivity contribution in [2.75, 3.05) is 6.54 Å². The van der Waals surface area contributed by atoms with Crippen molar-refractivity contribution in [2.45, 2.75) is 84.0 Å². The second-order valence-electron chi connectivity index (χ2n) is 11.0. The van der Waals surface area contributed by atoms with Gasteiger partial charge >= 0.3 is 0 Å². The van der Waals surface area contributed by atoms with Gasteiger partial charge in [0.25, 0.3) is 5.91 Å². The van der Waals surface area contributed by atoms with Crippen LogP contribution >= 0.6 is 0 Å². The van der Waals surface area contributed by atoms with E-state index in [1.165, 1.54) is 35.1 Å². The van der Waals surface area contributed by atoms with Crippen LogP contribution in [0.2, 0.25) is 0 Å². The van der Waals surface area contributed by atoms with E-state index in [2.05, 4.69) is 84.1 Å². The predicted octanol–water partition coefficient (Wildman–Crippen LogP) is 6.31. The molecule has 0 atom stereocenters. The van der Waals surface area contributed by atoms with E-state index in [9.17, 15) is 4.79 Å². The number of amides is 1. The van der Waals surface area contributed by atoms with Crippen molar-refractivity contribution in [1.82, 2.24) is 5.32 Å². The van der Waals surface area contributed by atoms with Gasteiger partial charge in [-0.15, -0.1) is 0 Å². The van der Waals surface area contributed by atoms with Gasteiger partial charge in [-0.25, -0.2) is 0 Å². The Labute approximate surface area is 177 Å². The van der Waals surface area contributed by atoms with Crippen LogP contribution in [0.25, 0.3) is 0 Å². The molecule has 0 aromatic heterocycles. The summed E-state index contributed by atoms with van der Waals surface area (Å²) in [5.74, 6) is 0.00452. The first kappa shape index (κ1) is 21.6. The van der Waals surface area contributed by atoms with Crippen molar-refractivity contribution in [3.8, 4) is 0 Å². The summed E-state index contributed by atoms with van der Waals surface area (Å²) in [5, 5.41) is 3.08. The second kappa shape index (κ2) is 7.63. The van der Waals surface area contributed by atoms with E-state index >= 15 is 0 Å². The number of rotatable bonds is 4. The normalized spacial score (nSPS) is 17.5. The molecule has 1 N–H and O–H groups in total. The minimum atomic E-state index is 0.00452. The number of carbonyl (C=O) groups excluding carboxylic acids is 1. The van der Waals surface area contributed by atoms with E-state index in [0.717, 1.165) is 12.0 Å². The van der Waals surface area contributed by atoms with Crippen LogP contribution in [-0.4, -0.2) is 12.5 Å². The highest BCUT2D eigenvalue weighted by molar-refractivity contribution is 5.94. The van der Waals surface area contributed by atoms with E-state index in [1.54, 1.807) is 0 Å². The summed E-state index contributed by atoms with van der Waals surface area (Å²) in [6.07, 6.45) is 3.31. The molecule has 0 heterocycles. The lowest BCUT2D eigenvalue weighted by Gasteiger charge is -2.42. The smallest absolute Gasteiger partial charge is 0.251 e. The van der Waals surface area contributed by atoms with Gasteiger partial charge in [0, 0.05) is 12.1 Å². The summed E-state index contributed by atoms with van der Waals surface area (Å²) < 4.78 is 0. The first-order chi connectivity index (χ1) is 13.4. The standard InChI is InChI=1S/C27H37NO/c1-25(2,3)21-11-9-20(10-12-21)24(29)28-17-14-19-8-13-22-23(18-19)27(6,7)16-15-26(22,4)5/h8-13,18H,14-17H2,1-7H3,(H,28,29). The third kappa shape index (κ3) is 4.74. The van der Waals surface area contributed by atoms with Crippen molar-refractivity contribution in [2.24, 2.45) is 0 Å². The van der Waals surface area contributed by atoms with Crippen molar-refractivity contribution in [3.05, 3.63) is 70.3 Å². The largest absolute Gasteiger partial charge is 0.352 e. The number of hydrogen-bond donors (Lipinski definition) is 1. The van der Waals surface area contributed by atoms with Crippen LogP contribution < -0.4 is 5.32 Å². The highest BCUT2D eigenvalue weighted by Crippen LogP contribution is 2.45. The lowest BCUT2D eigenvalue weighted by atomic mass is 9.63. The molecule has 2 aromatic rings. The first-order valence-corrected chi connectivity index (χ1v) is 10.9. The first-order valence-electron chi connectivity index (χ1n) is 10.9. The lowest BCUT2D eigenvalue weighted by Crippen LogP contribution is -2.34. The predicted molar refractivity (Wildman–Crippen MR) is 123 cm³/mol. The molecule has 1 aliphatic carbocycles. The number of nitrogens with one attached hydrogen (secondary N) is 1. The fourth-order valence-corrected chi connectivity index (χ4v) is 4.34. The molecule has 1 amide bonds. The Kier molecular flexibility index (Phi) is 5.69. The molecule has 2 nitrogen and oxygen atoms in total. The van der Waals surface area contributed by atoms with Crippen LogP contribution in [0.5, 0.6) is 0 Å². The second-order valence-corrected chi connectivity index (χ2v) is 11.0. The Hall–Kier alpha value is -2.09. The molecular formula is C27H37NO. The van der Waals surface area contributed by atoms with Gasteiger partial charge in [-0.3, -0.25) is 4.79 Å². The maximum absolute atomic E-state index is 12.5. The molecule has 0 radical (unpaired) electrons. The van der Waals surface area contributed by atoms with Crippen LogP contribution in [0.15, 0.2) is 42.5 Å². The monoisotopic (exact) mass is 391 g/mol. The minimum Gasteiger partial charge on any atom is -0.352 e. The van der Waals surface area contributed by atoms with Crippen molar-refractivity contribution in [1.29, 1.82) is 0 Å². The molecule has 0 spiro atoms. The van der Waals surface area contributed by atoms with Gasteiger partial charge in [0.05, 0.1) is 0 Å².